The van der Waals surface area contributed by atoms with E-state index in [0.29, 0.717) is 19.5 Å². The van der Waals surface area contributed by atoms with Crippen molar-refractivity contribution in [3.8, 4) is 5.75 Å². The summed E-state index contributed by atoms with van der Waals surface area (Å²) in [5, 5.41) is 2.86. The zero-order valence-electron chi connectivity index (χ0n) is 17.2. The van der Waals surface area contributed by atoms with Crippen LogP contribution in [0.1, 0.15) is 37.0 Å². The van der Waals surface area contributed by atoms with Gasteiger partial charge in [-0.15, -0.1) is 0 Å². The summed E-state index contributed by atoms with van der Waals surface area (Å²) in [5.41, 5.74) is 2.99. The Morgan fingerprint density at radius 2 is 1.79 bits per heavy atom. The average Bonchev–Trinajstić information content (AvgIpc) is 2.68. The van der Waals surface area contributed by atoms with Crippen molar-refractivity contribution < 1.29 is 14.3 Å². The highest BCUT2D eigenvalue weighted by atomic mass is 16.5. The van der Waals surface area contributed by atoms with Gasteiger partial charge in [0.25, 0.3) is 0 Å². The summed E-state index contributed by atoms with van der Waals surface area (Å²) >= 11 is 0. The molecule has 2 aromatic carbocycles. The minimum atomic E-state index is -0.511. The van der Waals surface area contributed by atoms with Gasteiger partial charge >= 0.3 is 0 Å². The van der Waals surface area contributed by atoms with E-state index in [9.17, 15) is 9.59 Å². The topological polar surface area (TPSA) is 58.6 Å². The smallest absolute Gasteiger partial charge is 0.242 e. The van der Waals surface area contributed by atoms with Gasteiger partial charge in [-0.05, 0) is 43.5 Å². The van der Waals surface area contributed by atoms with Gasteiger partial charge in [-0.25, -0.2) is 0 Å². The van der Waals surface area contributed by atoms with Gasteiger partial charge in [0, 0.05) is 13.1 Å². The zero-order chi connectivity index (χ0) is 20.5. The van der Waals surface area contributed by atoms with E-state index >= 15 is 0 Å². The quantitative estimate of drug-likeness (QED) is 0.722. The summed E-state index contributed by atoms with van der Waals surface area (Å²) in [6, 6.07) is 15.0. The maximum atomic E-state index is 13.2. The first-order valence-electron chi connectivity index (χ1n) is 9.74. The lowest BCUT2D eigenvalue weighted by molar-refractivity contribution is -0.140. The first kappa shape index (κ1) is 21.5. The van der Waals surface area contributed by atoms with Crippen molar-refractivity contribution in [2.24, 2.45) is 0 Å². The second-order valence-electron chi connectivity index (χ2n) is 6.86. The largest absolute Gasteiger partial charge is 0.497 e. The van der Waals surface area contributed by atoms with E-state index in [4.69, 9.17) is 4.74 Å². The highest BCUT2D eigenvalue weighted by molar-refractivity contribution is 5.88. The van der Waals surface area contributed by atoms with Gasteiger partial charge in [-0.3, -0.25) is 9.59 Å². The summed E-state index contributed by atoms with van der Waals surface area (Å²) in [6.07, 6.45) is 0.816. The van der Waals surface area contributed by atoms with Gasteiger partial charge in [-0.2, -0.15) is 0 Å². The summed E-state index contributed by atoms with van der Waals surface area (Å²) < 4.78 is 5.30. The molecule has 5 heteroatoms. The van der Waals surface area contributed by atoms with Gasteiger partial charge in [0.05, 0.1) is 13.5 Å². The minimum absolute atomic E-state index is 0.0634. The number of hydrogen-bond donors (Lipinski definition) is 1. The van der Waals surface area contributed by atoms with E-state index in [-0.39, 0.29) is 18.2 Å². The fraction of sp³-hybridized carbons (Fsp3) is 0.391. The Morgan fingerprint density at radius 1 is 1.07 bits per heavy atom. The second kappa shape index (κ2) is 10.5. The van der Waals surface area contributed by atoms with Gasteiger partial charge in [0.15, 0.2) is 0 Å². The number of rotatable bonds is 9. The Morgan fingerprint density at radius 3 is 2.43 bits per heavy atom. The predicted octanol–water partition coefficient (Wildman–Crippen LogP) is 3.49. The number of hydrogen-bond acceptors (Lipinski definition) is 3. The summed E-state index contributed by atoms with van der Waals surface area (Å²) in [6.45, 7) is 6.71. The van der Waals surface area contributed by atoms with Gasteiger partial charge in [-0.1, -0.05) is 48.9 Å². The third kappa shape index (κ3) is 5.84. The molecule has 150 valence electrons. The first-order valence-corrected chi connectivity index (χ1v) is 9.74. The molecule has 2 rings (SSSR count). The molecule has 0 fully saturated rings. The standard InChI is InChI=1S/C23H30N2O3/c1-5-21(23(27)24-6-2)25(16-19-11-8-12-20(14-19)28-4)22(26)15-18-10-7-9-17(3)13-18/h7-14,21H,5-6,15-16H2,1-4H3,(H,24,27). The van der Waals surface area contributed by atoms with Crippen LogP contribution in [-0.4, -0.2) is 36.4 Å². The molecule has 0 aliphatic carbocycles. The number of likely N-dealkylation sites (N-methyl/N-ethyl adjacent to an activating group) is 1. The Hall–Kier alpha value is -2.82. The molecule has 5 nitrogen and oxygen atoms in total. The highest BCUT2D eigenvalue weighted by Crippen LogP contribution is 2.18. The Balaban J connectivity index is 2.30. The van der Waals surface area contributed by atoms with Crippen LogP contribution in [0, 0.1) is 6.92 Å². The molecule has 0 saturated heterocycles. The third-order valence-electron chi connectivity index (χ3n) is 4.66. The van der Waals surface area contributed by atoms with Crippen LogP contribution in [-0.2, 0) is 22.6 Å². The molecule has 2 amide bonds. The molecule has 0 heterocycles. The molecule has 0 aliphatic rings. The Labute approximate surface area is 167 Å². The molecular weight excluding hydrogens is 352 g/mol. The predicted molar refractivity (Wildman–Crippen MR) is 111 cm³/mol. The summed E-state index contributed by atoms with van der Waals surface area (Å²) in [7, 11) is 1.61. The minimum Gasteiger partial charge on any atom is -0.497 e. The molecule has 0 aromatic heterocycles. The number of nitrogens with one attached hydrogen (secondary N) is 1. The van der Waals surface area contributed by atoms with Gasteiger partial charge in [0.1, 0.15) is 11.8 Å². The maximum absolute atomic E-state index is 13.2. The average molecular weight is 383 g/mol. The van der Waals surface area contributed by atoms with Crippen molar-refractivity contribution in [3.63, 3.8) is 0 Å². The van der Waals surface area contributed by atoms with Crippen LogP contribution in [0.5, 0.6) is 5.75 Å². The van der Waals surface area contributed by atoms with Crippen LogP contribution >= 0.6 is 0 Å². The first-order chi connectivity index (χ1) is 13.5. The van der Waals surface area contributed by atoms with E-state index in [1.54, 1.807) is 12.0 Å². The molecule has 1 unspecified atom stereocenters. The van der Waals surface area contributed by atoms with Crippen LogP contribution in [0.25, 0.3) is 0 Å². The molecule has 0 saturated carbocycles. The second-order valence-corrected chi connectivity index (χ2v) is 6.86. The van der Waals surface area contributed by atoms with Crippen molar-refractivity contribution in [1.82, 2.24) is 10.2 Å². The molecule has 0 bridgehead atoms. The molecular formula is C23H30N2O3. The van der Waals surface area contributed by atoms with E-state index in [0.717, 1.165) is 22.4 Å². The maximum Gasteiger partial charge on any atom is 0.242 e. The van der Waals surface area contributed by atoms with Crippen molar-refractivity contribution in [1.29, 1.82) is 0 Å². The lowest BCUT2D eigenvalue weighted by Crippen LogP contribution is -2.49. The van der Waals surface area contributed by atoms with Gasteiger partial charge < -0.3 is 15.0 Å². The van der Waals surface area contributed by atoms with E-state index in [1.165, 1.54) is 0 Å². The fourth-order valence-electron chi connectivity index (χ4n) is 3.28. The third-order valence-corrected chi connectivity index (χ3v) is 4.66. The number of amides is 2. The monoisotopic (exact) mass is 382 g/mol. The van der Waals surface area contributed by atoms with Crippen molar-refractivity contribution in [2.75, 3.05) is 13.7 Å². The molecule has 0 spiro atoms. The van der Waals surface area contributed by atoms with E-state index in [2.05, 4.69) is 5.32 Å². The summed E-state index contributed by atoms with van der Waals surface area (Å²) in [5.74, 6) is 0.548. The van der Waals surface area contributed by atoms with E-state index < -0.39 is 6.04 Å². The Kier molecular flexibility index (Phi) is 8.05. The van der Waals surface area contributed by atoms with Crippen LogP contribution in [0.3, 0.4) is 0 Å². The SMILES string of the molecule is CCNC(=O)C(CC)N(Cc1cccc(OC)c1)C(=O)Cc1cccc(C)c1. The summed E-state index contributed by atoms with van der Waals surface area (Å²) in [4.78, 5) is 27.5. The van der Waals surface area contributed by atoms with Crippen molar-refractivity contribution in [3.05, 3.63) is 65.2 Å². The van der Waals surface area contributed by atoms with E-state index in [1.807, 2.05) is 69.3 Å². The van der Waals surface area contributed by atoms with Crippen LogP contribution < -0.4 is 10.1 Å². The fourth-order valence-corrected chi connectivity index (χ4v) is 3.28. The Bertz CT molecular complexity index is 804. The number of ether oxygens (including phenoxy) is 1. The number of benzene rings is 2. The number of aryl methyl sites for hydroxylation is 1. The van der Waals surface area contributed by atoms with Crippen molar-refractivity contribution >= 4 is 11.8 Å². The van der Waals surface area contributed by atoms with Crippen LogP contribution in [0.2, 0.25) is 0 Å². The number of carbonyl (C=O) groups excluding carboxylic acids is 2. The molecule has 0 aliphatic heterocycles. The highest BCUT2D eigenvalue weighted by Gasteiger charge is 2.28. The van der Waals surface area contributed by atoms with Gasteiger partial charge in [0.2, 0.25) is 11.8 Å². The van der Waals surface area contributed by atoms with Crippen LogP contribution in [0.15, 0.2) is 48.5 Å². The van der Waals surface area contributed by atoms with Crippen LogP contribution in [0.4, 0.5) is 0 Å². The molecule has 28 heavy (non-hydrogen) atoms. The normalized spacial score (nSPS) is 11.6. The lowest BCUT2D eigenvalue weighted by Gasteiger charge is -2.30. The zero-order valence-corrected chi connectivity index (χ0v) is 17.2. The lowest BCUT2D eigenvalue weighted by atomic mass is 10.1. The number of carbonyl (C=O) groups is 2. The number of methoxy groups -OCH3 is 1. The molecule has 1 atom stereocenters. The molecule has 1 N–H and O–H groups in total. The van der Waals surface area contributed by atoms with Crippen molar-refractivity contribution in [2.45, 2.75) is 46.2 Å². The molecule has 0 radical (unpaired) electrons. The number of nitrogens with zero attached hydrogens (tertiary/aromatic N) is 1. The molecule has 2 aromatic rings.